The van der Waals surface area contributed by atoms with E-state index in [-0.39, 0.29) is 10.6 Å². The molecule has 1 saturated heterocycles. The number of hydrogen-bond donors (Lipinski definition) is 0. The first-order valence-corrected chi connectivity index (χ1v) is 8.57. The van der Waals surface area contributed by atoms with Gasteiger partial charge < -0.3 is 4.90 Å². The summed E-state index contributed by atoms with van der Waals surface area (Å²) >= 11 is 1.67. The fraction of sp³-hybridized carbons (Fsp3) is 0.438. The number of hydrogen-bond acceptors (Lipinski definition) is 6. The summed E-state index contributed by atoms with van der Waals surface area (Å²) in [5, 5.41) is 14.4. The Morgan fingerprint density at radius 3 is 2.65 bits per heavy atom. The number of rotatable bonds is 4. The zero-order valence-corrected chi connectivity index (χ0v) is 14.1. The minimum Gasteiger partial charge on any atom is -0.363 e. The molecule has 0 N–H and O–H groups in total. The first-order valence-electron chi connectivity index (χ1n) is 7.69. The van der Waals surface area contributed by atoms with E-state index in [2.05, 4.69) is 21.7 Å². The number of nitro groups is 1. The molecule has 2 heterocycles. The third kappa shape index (κ3) is 3.35. The van der Waals surface area contributed by atoms with Gasteiger partial charge in [-0.05, 0) is 25.5 Å². The predicted octanol–water partition coefficient (Wildman–Crippen LogP) is 3.24. The van der Waals surface area contributed by atoms with Crippen LogP contribution in [0.3, 0.4) is 0 Å². The smallest absolute Gasteiger partial charge is 0.292 e. The largest absolute Gasteiger partial charge is 0.363 e. The normalized spacial score (nSPS) is 17.2. The Hall–Kier alpha value is -1.99. The van der Waals surface area contributed by atoms with E-state index in [1.54, 1.807) is 17.4 Å². The minimum absolute atomic E-state index is 0.200. The second-order valence-corrected chi connectivity index (χ2v) is 6.74. The molecule has 0 saturated carbocycles. The molecule has 0 aliphatic carbocycles. The molecule has 1 aromatic heterocycles. The summed E-state index contributed by atoms with van der Waals surface area (Å²) in [6.45, 7) is 7.39. The van der Waals surface area contributed by atoms with Gasteiger partial charge >= 0.3 is 0 Å². The van der Waals surface area contributed by atoms with Gasteiger partial charge in [-0.1, -0.05) is 6.07 Å². The molecule has 1 atom stereocenters. The van der Waals surface area contributed by atoms with Crippen LogP contribution in [0.25, 0.3) is 0 Å². The second-order valence-electron chi connectivity index (χ2n) is 5.82. The van der Waals surface area contributed by atoms with E-state index >= 15 is 0 Å². The molecule has 23 heavy (non-hydrogen) atoms. The van der Waals surface area contributed by atoms with Crippen LogP contribution in [0.1, 0.15) is 23.5 Å². The third-order valence-electron chi connectivity index (χ3n) is 4.34. The van der Waals surface area contributed by atoms with E-state index in [9.17, 15) is 10.1 Å². The van der Waals surface area contributed by atoms with Crippen molar-refractivity contribution in [3.8, 4) is 0 Å². The summed E-state index contributed by atoms with van der Waals surface area (Å²) in [4.78, 5) is 19.9. The molecule has 7 heteroatoms. The van der Waals surface area contributed by atoms with Gasteiger partial charge in [0, 0.05) is 43.8 Å². The summed E-state index contributed by atoms with van der Waals surface area (Å²) in [7, 11) is 0. The Bertz CT molecular complexity index is 681. The van der Waals surface area contributed by atoms with Gasteiger partial charge in [-0.25, -0.2) is 4.98 Å². The van der Waals surface area contributed by atoms with E-state index in [1.807, 2.05) is 30.6 Å². The first-order chi connectivity index (χ1) is 11.1. The van der Waals surface area contributed by atoms with E-state index in [0.717, 1.165) is 42.4 Å². The number of aromatic nitrogens is 1. The van der Waals surface area contributed by atoms with Crippen molar-refractivity contribution in [3.63, 3.8) is 0 Å². The fourth-order valence-corrected chi connectivity index (χ4v) is 3.72. The highest BCUT2D eigenvalue weighted by molar-refractivity contribution is 7.09. The molecule has 1 aromatic carbocycles. The van der Waals surface area contributed by atoms with Gasteiger partial charge in [0.15, 0.2) is 0 Å². The molecule has 0 amide bonds. The molecule has 1 fully saturated rings. The Morgan fingerprint density at radius 1 is 1.30 bits per heavy atom. The van der Waals surface area contributed by atoms with Crippen LogP contribution in [0.4, 0.5) is 11.4 Å². The van der Waals surface area contributed by atoms with Crippen LogP contribution < -0.4 is 4.90 Å². The number of anilines is 1. The van der Waals surface area contributed by atoms with Gasteiger partial charge in [-0.3, -0.25) is 15.0 Å². The molecule has 6 nitrogen and oxygen atoms in total. The standard InChI is InChI=1S/C16H20N4O2S/c1-12-3-4-14(15(11-12)20(21)22)19-8-6-18(7-9-19)13(2)16-17-5-10-23-16/h3-5,10-11,13H,6-9H2,1-2H3. The lowest BCUT2D eigenvalue weighted by atomic mass is 10.1. The molecular weight excluding hydrogens is 312 g/mol. The minimum atomic E-state index is -0.285. The summed E-state index contributed by atoms with van der Waals surface area (Å²) in [5.74, 6) is 0. The number of benzene rings is 1. The van der Waals surface area contributed by atoms with E-state index in [4.69, 9.17) is 0 Å². The van der Waals surface area contributed by atoms with Gasteiger partial charge in [0.1, 0.15) is 10.7 Å². The lowest BCUT2D eigenvalue weighted by molar-refractivity contribution is -0.384. The first kappa shape index (κ1) is 15.9. The molecule has 1 aliphatic rings. The maximum Gasteiger partial charge on any atom is 0.292 e. The number of nitrogens with zero attached hydrogens (tertiary/aromatic N) is 4. The lowest BCUT2D eigenvalue weighted by Crippen LogP contribution is -2.47. The van der Waals surface area contributed by atoms with Crippen molar-refractivity contribution in [3.05, 3.63) is 50.5 Å². The molecular formula is C16H20N4O2S. The van der Waals surface area contributed by atoms with Crippen LogP contribution in [0.2, 0.25) is 0 Å². The summed E-state index contributed by atoms with van der Waals surface area (Å²) in [6.07, 6.45) is 1.84. The fourth-order valence-electron chi connectivity index (χ4n) is 2.99. The van der Waals surface area contributed by atoms with Crippen molar-refractivity contribution in [2.24, 2.45) is 0 Å². The Morgan fingerprint density at radius 2 is 2.04 bits per heavy atom. The number of thiazole rings is 1. The van der Waals surface area contributed by atoms with Crippen molar-refractivity contribution >= 4 is 22.7 Å². The van der Waals surface area contributed by atoms with Gasteiger partial charge in [0.05, 0.1) is 11.0 Å². The molecule has 0 radical (unpaired) electrons. The van der Waals surface area contributed by atoms with Crippen molar-refractivity contribution in [1.82, 2.24) is 9.88 Å². The van der Waals surface area contributed by atoms with Crippen molar-refractivity contribution in [2.75, 3.05) is 31.1 Å². The third-order valence-corrected chi connectivity index (χ3v) is 5.28. The van der Waals surface area contributed by atoms with Gasteiger partial charge in [0.2, 0.25) is 0 Å². The lowest BCUT2D eigenvalue weighted by Gasteiger charge is -2.38. The monoisotopic (exact) mass is 332 g/mol. The van der Waals surface area contributed by atoms with Crippen LogP contribution >= 0.6 is 11.3 Å². The highest BCUT2D eigenvalue weighted by Gasteiger charge is 2.26. The average molecular weight is 332 g/mol. The van der Waals surface area contributed by atoms with Gasteiger partial charge in [-0.15, -0.1) is 11.3 Å². The second kappa shape index (κ2) is 6.64. The summed E-state index contributed by atoms with van der Waals surface area (Å²) in [5.41, 5.74) is 1.84. The number of nitro benzene ring substituents is 1. The Balaban J connectivity index is 1.71. The van der Waals surface area contributed by atoms with Crippen LogP contribution in [0.5, 0.6) is 0 Å². The van der Waals surface area contributed by atoms with Crippen molar-refractivity contribution in [2.45, 2.75) is 19.9 Å². The predicted molar refractivity (Wildman–Crippen MR) is 92.1 cm³/mol. The summed E-state index contributed by atoms with van der Waals surface area (Å²) in [6, 6.07) is 5.75. The zero-order chi connectivity index (χ0) is 16.4. The van der Waals surface area contributed by atoms with Crippen molar-refractivity contribution in [1.29, 1.82) is 0 Å². The van der Waals surface area contributed by atoms with E-state index < -0.39 is 0 Å². The quantitative estimate of drug-likeness (QED) is 0.635. The average Bonchev–Trinajstić information content (AvgIpc) is 3.09. The maximum absolute atomic E-state index is 11.3. The summed E-state index contributed by atoms with van der Waals surface area (Å²) < 4.78 is 0. The molecule has 2 aromatic rings. The van der Waals surface area contributed by atoms with Gasteiger partial charge in [-0.2, -0.15) is 0 Å². The SMILES string of the molecule is Cc1ccc(N2CCN(C(C)c3nccs3)CC2)c([N+](=O)[O-])c1. The number of piperazine rings is 1. The van der Waals surface area contributed by atoms with Gasteiger partial charge in [0.25, 0.3) is 5.69 Å². The maximum atomic E-state index is 11.3. The van der Waals surface area contributed by atoms with Crippen LogP contribution in [-0.4, -0.2) is 41.0 Å². The Kier molecular flexibility index (Phi) is 4.58. The van der Waals surface area contributed by atoms with Crippen LogP contribution in [-0.2, 0) is 0 Å². The van der Waals surface area contributed by atoms with E-state index in [1.165, 1.54) is 0 Å². The molecule has 0 spiro atoms. The van der Waals surface area contributed by atoms with Crippen LogP contribution in [0.15, 0.2) is 29.8 Å². The topological polar surface area (TPSA) is 62.5 Å². The van der Waals surface area contributed by atoms with E-state index in [0.29, 0.717) is 6.04 Å². The highest BCUT2D eigenvalue weighted by Crippen LogP contribution is 2.31. The molecule has 3 rings (SSSR count). The molecule has 0 bridgehead atoms. The van der Waals surface area contributed by atoms with Crippen molar-refractivity contribution < 1.29 is 4.92 Å². The zero-order valence-electron chi connectivity index (χ0n) is 13.3. The molecule has 1 unspecified atom stereocenters. The highest BCUT2D eigenvalue weighted by atomic mass is 32.1. The molecule has 1 aliphatic heterocycles. The Labute approximate surface area is 139 Å². The number of aryl methyl sites for hydroxylation is 1. The van der Waals surface area contributed by atoms with Crippen LogP contribution in [0, 0.1) is 17.0 Å². The molecule has 122 valence electrons.